The second-order valence-electron chi connectivity index (χ2n) is 0.758. The number of hydrogen-bond acceptors (Lipinski definition) is 0. The summed E-state index contributed by atoms with van der Waals surface area (Å²) in [5, 5.41) is 0. The minimum absolute atomic E-state index is 0. The van der Waals surface area contributed by atoms with Gasteiger partial charge in [-0.1, -0.05) is 0 Å². The molecule has 3 radical (unpaired) electrons. The van der Waals surface area contributed by atoms with Crippen molar-refractivity contribution in [2.75, 3.05) is 0 Å². The van der Waals surface area contributed by atoms with Gasteiger partial charge < -0.3 is 0 Å². The van der Waals surface area contributed by atoms with Gasteiger partial charge in [0.1, 0.15) is 0 Å². The molecule has 0 rings (SSSR count). The van der Waals surface area contributed by atoms with Crippen molar-refractivity contribution < 1.29 is 34.8 Å². The summed E-state index contributed by atoms with van der Waals surface area (Å²) in [5.74, 6) is 0. The van der Waals surface area contributed by atoms with Crippen molar-refractivity contribution in [3.63, 3.8) is 0 Å². The van der Waals surface area contributed by atoms with Gasteiger partial charge >= 0.3 is 34.8 Å². The first-order valence-corrected chi connectivity index (χ1v) is 3.31. The summed E-state index contributed by atoms with van der Waals surface area (Å²) in [6.07, 6.45) is 0. The predicted molar refractivity (Wildman–Crippen MR) is 23.9 cm³/mol. The third-order valence-electron chi connectivity index (χ3n) is 0. The summed E-state index contributed by atoms with van der Waals surface area (Å²) in [7, 11) is 0. The fourth-order valence-electron chi connectivity index (χ4n) is 0. The molecule has 0 bridgehead atoms. The van der Waals surface area contributed by atoms with Crippen LogP contribution in [0, 0.1) is 0 Å². The maximum absolute atomic E-state index is 10.8. The van der Waals surface area contributed by atoms with Crippen LogP contribution < -0.4 is 0 Å². The van der Waals surface area contributed by atoms with Gasteiger partial charge in [0, 0.05) is 88.7 Å². The van der Waals surface area contributed by atoms with Crippen molar-refractivity contribution in [1.29, 1.82) is 0 Å². The molecular formula is F6FeNa3. The van der Waals surface area contributed by atoms with E-state index in [-0.39, 0.29) is 88.7 Å². The van der Waals surface area contributed by atoms with Gasteiger partial charge in [-0.25, -0.2) is 0 Å². The zero-order valence-electron chi connectivity index (χ0n) is 5.62. The van der Waals surface area contributed by atoms with Crippen molar-refractivity contribution in [1.82, 2.24) is 0 Å². The Morgan fingerprint density at radius 1 is 0.500 bits per heavy atom. The molecule has 10 heteroatoms. The Bertz CT molecular complexity index is 71.6. The van der Waals surface area contributed by atoms with Crippen molar-refractivity contribution in [2.24, 2.45) is 0 Å². The Labute approximate surface area is 121 Å². The van der Waals surface area contributed by atoms with Gasteiger partial charge in [0.05, 0.1) is 0 Å². The average molecular weight is 239 g/mol. The first-order chi connectivity index (χ1) is 2.45. The van der Waals surface area contributed by atoms with Crippen LogP contribution in [0.2, 0.25) is 0 Å². The topological polar surface area (TPSA) is 0 Å². The van der Waals surface area contributed by atoms with E-state index < -0.39 is 13.5 Å². The SMILES string of the molecule is [F][Fe]([F])([F])([F])([F])[F].[Na].[Na].[Na]. The summed E-state index contributed by atoms with van der Waals surface area (Å²) >= 11 is -10.8. The fraction of sp³-hybridized carbons (Fsp3) is 0. The molecule has 0 N–H and O–H groups in total. The van der Waals surface area contributed by atoms with E-state index in [4.69, 9.17) is 0 Å². The Morgan fingerprint density at radius 2 is 0.500 bits per heavy atom. The van der Waals surface area contributed by atoms with Crippen molar-refractivity contribution >= 4 is 88.7 Å². The van der Waals surface area contributed by atoms with Crippen molar-refractivity contribution in [3.05, 3.63) is 0 Å². The van der Waals surface area contributed by atoms with E-state index in [0.717, 1.165) is 0 Å². The standard InChI is InChI=1S/6FH.Fe.3Na/h6*1H;;;;/q;;;;;;+6;;;/p-6. The molecule has 0 unspecified atom stereocenters. The molecule has 0 aromatic carbocycles. The van der Waals surface area contributed by atoms with E-state index in [0.29, 0.717) is 0 Å². The van der Waals surface area contributed by atoms with Crippen LogP contribution in [0.4, 0.5) is 21.3 Å². The molecule has 0 aromatic rings. The molecule has 0 aliphatic rings. The second kappa shape index (κ2) is 4.55. The second-order valence-corrected chi connectivity index (χ2v) is 3.12. The van der Waals surface area contributed by atoms with Gasteiger partial charge in [-0.05, 0) is 0 Å². The van der Waals surface area contributed by atoms with Crippen LogP contribution in [0.15, 0.2) is 0 Å². The molecule has 53 valence electrons. The van der Waals surface area contributed by atoms with Crippen molar-refractivity contribution in [3.8, 4) is 0 Å². The van der Waals surface area contributed by atoms with Gasteiger partial charge in [-0.3, -0.25) is 0 Å². The summed E-state index contributed by atoms with van der Waals surface area (Å²) in [4.78, 5) is 0. The third kappa shape index (κ3) is 118. The number of halogens is 6. The first kappa shape index (κ1) is 23.2. The maximum atomic E-state index is 9.88. The van der Waals surface area contributed by atoms with E-state index >= 15 is 0 Å². The Balaban J connectivity index is -0.0000000600. The Kier molecular flexibility index (Phi) is 10.5. The van der Waals surface area contributed by atoms with E-state index in [1.54, 1.807) is 0 Å². The molecule has 0 heterocycles. The van der Waals surface area contributed by atoms with Gasteiger partial charge in [-0.15, -0.1) is 0 Å². The number of rotatable bonds is 0. The van der Waals surface area contributed by atoms with Crippen LogP contribution >= 0.6 is 0 Å². The van der Waals surface area contributed by atoms with Crippen LogP contribution in [0.1, 0.15) is 0 Å². The zero-order valence-corrected chi connectivity index (χ0v) is 12.7. The van der Waals surface area contributed by atoms with Gasteiger partial charge in [0.25, 0.3) is 0 Å². The van der Waals surface area contributed by atoms with Gasteiger partial charge in [0.2, 0.25) is 0 Å². The smallest absolute Gasteiger partial charge is 0 e. The molecule has 0 atom stereocenters. The van der Waals surface area contributed by atoms with Gasteiger partial charge in [-0.2, -0.15) is 0 Å². The zero-order chi connectivity index (χ0) is 6.41. The molecule has 0 saturated heterocycles. The summed E-state index contributed by atoms with van der Waals surface area (Å²) in [6, 6.07) is 0. The normalized spacial score (nSPS) is 16.2. The molecule has 0 saturated carbocycles. The van der Waals surface area contributed by atoms with Crippen molar-refractivity contribution in [2.45, 2.75) is 0 Å². The molecule has 0 fully saturated rings. The van der Waals surface area contributed by atoms with E-state index in [9.17, 15) is 21.3 Å². The Morgan fingerprint density at radius 3 is 0.500 bits per heavy atom. The van der Waals surface area contributed by atoms with Crippen LogP contribution in [0.3, 0.4) is 0 Å². The fourth-order valence-corrected chi connectivity index (χ4v) is 0. The average Bonchev–Trinajstić information content (AvgIpc) is 0.592. The van der Waals surface area contributed by atoms with E-state index in [2.05, 4.69) is 0 Å². The molecule has 0 aromatic heterocycles. The molecule has 0 spiro atoms. The first-order valence-electron chi connectivity index (χ1n) is 0.802. The minimum atomic E-state index is -10.8. The largest absolute Gasteiger partial charge is 0 e. The molecule has 10 heavy (non-hydrogen) atoms. The summed E-state index contributed by atoms with van der Waals surface area (Å²) in [6.45, 7) is 0. The van der Waals surface area contributed by atoms with Crippen LogP contribution in [0.25, 0.3) is 0 Å². The molecular weight excluding hydrogens is 239 g/mol. The molecule has 0 aliphatic heterocycles. The maximum Gasteiger partial charge on any atom is 0 e. The third-order valence-corrected chi connectivity index (χ3v) is 0. The van der Waals surface area contributed by atoms with E-state index in [1.807, 2.05) is 0 Å². The number of hydrogen-bond donors (Lipinski definition) is 0. The van der Waals surface area contributed by atoms with Crippen LogP contribution in [-0.2, 0) is 13.5 Å². The molecule has 0 amide bonds. The molecule has 0 aliphatic carbocycles. The minimum Gasteiger partial charge on any atom is 0 e. The summed E-state index contributed by atoms with van der Waals surface area (Å²) < 4.78 is 59.2. The van der Waals surface area contributed by atoms with Crippen LogP contribution in [0.5, 0.6) is 0 Å². The van der Waals surface area contributed by atoms with Crippen LogP contribution in [-0.4, -0.2) is 88.7 Å². The monoisotopic (exact) mass is 239 g/mol. The molecule has 0 nitrogen and oxygen atoms in total. The quantitative estimate of drug-likeness (QED) is 0.442. The van der Waals surface area contributed by atoms with E-state index in [1.165, 1.54) is 0 Å². The summed E-state index contributed by atoms with van der Waals surface area (Å²) in [5.41, 5.74) is 0. The Hall–Kier alpha value is 3.10. The predicted octanol–water partition coefficient (Wildman–Crippen LogP) is 1.38. The van der Waals surface area contributed by atoms with Gasteiger partial charge in [0.15, 0.2) is 0 Å².